The lowest BCUT2D eigenvalue weighted by Gasteiger charge is -2.10. The number of rotatable bonds is 5. The molecule has 7 nitrogen and oxygen atoms in total. The van der Waals surface area contributed by atoms with E-state index in [1.54, 1.807) is 0 Å². The molecular weight excluding hydrogens is 326 g/mol. The van der Waals surface area contributed by atoms with Crippen molar-refractivity contribution in [2.24, 2.45) is 7.05 Å². The van der Waals surface area contributed by atoms with Crippen LogP contribution < -0.4 is 16.4 Å². The summed E-state index contributed by atoms with van der Waals surface area (Å²) in [5.41, 5.74) is 8.99. The number of aryl methyl sites for hydroxylation is 1. The molecule has 2 aromatic heterocycles. The third kappa shape index (κ3) is 3.27. The van der Waals surface area contributed by atoms with Crippen LogP contribution in [-0.2, 0) is 13.6 Å². The van der Waals surface area contributed by atoms with E-state index < -0.39 is 0 Å². The fraction of sp³-hybridized carbons (Fsp3) is 0.105. The molecule has 7 heteroatoms. The van der Waals surface area contributed by atoms with Crippen LogP contribution in [-0.4, -0.2) is 19.5 Å². The molecule has 4 N–H and O–H groups in total. The lowest BCUT2D eigenvalue weighted by Crippen LogP contribution is -2.07. The van der Waals surface area contributed by atoms with Crippen LogP contribution in [0.1, 0.15) is 5.56 Å². The molecule has 0 saturated carbocycles. The lowest BCUT2D eigenvalue weighted by molar-refractivity contribution is 0.954. The van der Waals surface area contributed by atoms with E-state index in [1.165, 1.54) is 0 Å². The van der Waals surface area contributed by atoms with Gasteiger partial charge in [-0.1, -0.05) is 42.5 Å². The van der Waals surface area contributed by atoms with Gasteiger partial charge in [-0.25, -0.2) is 4.98 Å². The molecule has 0 aliphatic carbocycles. The highest BCUT2D eigenvalue weighted by atomic mass is 15.2. The van der Waals surface area contributed by atoms with Gasteiger partial charge in [-0.2, -0.15) is 9.97 Å². The maximum absolute atomic E-state index is 5.87. The Morgan fingerprint density at radius 2 is 1.65 bits per heavy atom. The van der Waals surface area contributed by atoms with E-state index >= 15 is 0 Å². The summed E-state index contributed by atoms with van der Waals surface area (Å²) in [5, 5.41) is 6.49. The molecule has 0 saturated heterocycles. The molecule has 0 unspecified atom stereocenters. The second-order valence-electron chi connectivity index (χ2n) is 5.94. The Hall–Kier alpha value is -3.61. The highest BCUT2D eigenvalue weighted by Crippen LogP contribution is 2.22. The second kappa shape index (κ2) is 6.72. The number of anilines is 4. The molecule has 0 radical (unpaired) electrons. The SMILES string of the molecule is Cn1c(Nc2cc(NCc3ccccc3)nc(N)n2)nc2ccccc21. The topological polar surface area (TPSA) is 93.7 Å². The summed E-state index contributed by atoms with van der Waals surface area (Å²) in [6.45, 7) is 0.656. The molecule has 4 aromatic rings. The fourth-order valence-corrected chi connectivity index (χ4v) is 2.78. The minimum absolute atomic E-state index is 0.198. The van der Waals surface area contributed by atoms with Gasteiger partial charge >= 0.3 is 0 Å². The number of para-hydroxylation sites is 2. The molecule has 0 aliphatic rings. The van der Waals surface area contributed by atoms with Gasteiger partial charge in [-0.15, -0.1) is 0 Å². The van der Waals surface area contributed by atoms with Gasteiger partial charge in [-0.05, 0) is 17.7 Å². The molecule has 0 fully saturated rings. The number of aromatic nitrogens is 4. The molecule has 4 rings (SSSR count). The van der Waals surface area contributed by atoms with Crippen LogP contribution in [0.5, 0.6) is 0 Å². The summed E-state index contributed by atoms with van der Waals surface area (Å²) in [6, 6.07) is 19.9. The van der Waals surface area contributed by atoms with Gasteiger partial charge < -0.3 is 20.9 Å². The minimum atomic E-state index is 0.198. The largest absolute Gasteiger partial charge is 0.368 e. The van der Waals surface area contributed by atoms with E-state index in [4.69, 9.17) is 5.73 Å². The summed E-state index contributed by atoms with van der Waals surface area (Å²) in [7, 11) is 1.96. The van der Waals surface area contributed by atoms with Crippen molar-refractivity contribution in [3.05, 3.63) is 66.2 Å². The molecule has 0 atom stereocenters. The van der Waals surface area contributed by atoms with E-state index in [2.05, 4.69) is 37.7 Å². The maximum Gasteiger partial charge on any atom is 0.223 e. The number of benzene rings is 2. The number of hydrogen-bond acceptors (Lipinski definition) is 6. The number of nitrogen functional groups attached to an aromatic ring is 1. The zero-order valence-electron chi connectivity index (χ0n) is 14.3. The van der Waals surface area contributed by atoms with E-state index in [-0.39, 0.29) is 5.95 Å². The molecule has 0 bridgehead atoms. The van der Waals surface area contributed by atoms with E-state index in [1.807, 2.05) is 60.1 Å². The minimum Gasteiger partial charge on any atom is -0.368 e. The second-order valence-corrected chi connectivity index (χ2v) is 5.94. The Kier molecular flexibility index (Phi) is 4.10. The Morgan fingerprint density at radius 3 is 2.46 bits per heavy atom. The highest BCUT2D eigenvalue weighted by molar-refractivity contribution is 5.79. The van der Waals surface area contributed by atoms with Crippen LogP contribution >= 0.6 is 0 Å². The molecule has 0 amide bonds. The highest BCUT2D eigenvalue weighted by Gasteiger charge is 2.09. The van der Waals surface area contributed by atoms with E-state index in [9.17, 15) is 0 Å². The zero-order chi connectivity index (χ0) is 17.9. The summed E-state index contributed by atoms with van der Waals surface area (Å²) >= 11 is 0. The Labute approximate surface area is 150 Å². The quantitative estimate of drug-likeness (QED) is 0.514. The van der Waals surface area contributed by atoms with Crippen molar-refractivity contribution in [2.75, 3.05) is 16.4 Å². The van der Waals surface area contributed by atoms with Crippen molar-refractivity contribution < 1.29 is 0 Å². The van der Waals surface area contributed by atoms with Crippen molar-refractivity contribution in [3.63, 3.8) is 0 Å². The smallest absolute Gasteiger partial charge is 0.223 e. The molecule has 0 spiro atoms. The van der Waals surface area contributed by atoms with Gasteiger partial charge in [0.2, 0.25) is 11.9 Å². The average Bonchev–Trinajstić information content (AvgIpc) is 2.96. The number of fused-ring (bicyclic) bond motifs is 1. The maximum atomic E-state index is 5.87. The number of nitrogens with two attached hydrogens (primary N) is 1. The molecule has 0 aliphatic heterocycles. The Bertz CT molecular complexity index is 1040. The van der Waals surface area contributed by atoms with Gasteiger partial charge in [0.05, 0.1) is 11.0 Å². The summed E-state index contributed by atoms with van der Waals surface area (Å²) < 4.78 is 1.98. The third-order valence-corrected chi connectivity index (χ3v) is 4.09. The molecule has 2 heterocycles. The Balaban J connectivity index is 1.56. The number of imidazole rings is 1. The van der Waals surface area contributed by atoms with Crippen LogP contribution in [0.3, 0.4) is 0 Å². The Morgan fingerprint density at radius 1 is 0.923 bits per heavy atom. The fourth-order valence-electron chi connectivity index (χ4n) is 2.78. The van der Waals surface area contributed by atoms with E-state index in [0.717, 1.165) is 16.6 Å². The van der Waals surface area contributed by atoms with Crippen LogP contribution in [0.4, 0.5) is 23.5 Å². The number of nitrogens with one attached hydrogen (secondary N) is 2. The van der Waals surface area contributed by atoms with Gasteiger partial charge in [0.1, 0.15) is 11.6 Å². The first kappa shape index (κ1) is 15.9. The summed E-state index contributed by atoms with van der Waals surface area (Å²) in [4.78, 5) is 13.1. The molecule has 2 aromatic carbocycles. The third-order valence-electron chi connectivity index (χ3n) is 4.09. The number of nitrogens with zero attached hydrogens (tertiary/aromatic N) is 4. The first-order chi connectivity index (χ1) is 12.7. The van der Waals surface area contributed by atoms with Crippen LogP contribution in [0.2, 0.25) is 0 Å². The number of hydrogen-bond donors (Lipinski definition) is 3. The average molecular weight is 345 g/mol. The first-order valence-electron chi connectivity index (χ1n) is 8.30. The zero-order valence-corrected chi connectivity index (χ0v) is 14.3. The van der Waals surface area contributed by atoms with Crippen LogP contribution in [0.25, 0.3) is 11.0 Å². The predicted octanol–water partition coefficient (Wildman–Crippen LogP) is 3.30. The van der Waals surface area contributed by atoms with Crippen molar-refractivity contribution in [2.45, 2.75) is 6.54 Å². The normalized spacial score (nSPS) is 10.8. The van der Waals surface area contributed by atoms with Gasteiger partial charge in [0.15, 0.2) is 0 Å². The monoisotopic (exact) mass is 345 g/mol. The summed E-state index contributed by atoms with van der Waals surface area (Å²) in [5.74, 6) is 2.14. The summed E-state index contributed by atoms with van der Waals surface area (Å²) in [6.07, 6.45) is 0. The molecule has 26 heavy (non-hydrogen) atoms. The van der Waals surface area contributed by atoms with Crippen LogP contribution in [0, 0.1) is 0 Å². The van der Waals surface area contributed by atoms with Gasteiger partial charge in [0, 0.05) is 19.7 Å². The van der Waals surface area contributed by atoms with E-state index in [0.29, 0.717) is 24.1 Å². The predicted molar refractivity (Wildman–Crippen MR) is 104 cm³/mol. The van der Waals surface area contributed by atoms with Crippen molar-refractivity contribution >= 4 is 34.6 Å². The molecular formula is C19H19N7. The van der Waals surface area contributed by atoms with Crippen molar-refractivity contribution in [1.82, 2.24) is 19.5 Å². The first-order valence-corrected chi connectivity index (χ1v) is 8.30. The molecule has 130 valence electrons. The lowest BCUT2D eigenvalue weighted by atomic mass is 10.2. The van der Waals surface area contributed by atoms with Crippen molar-refractivity contribution in [1.29, 1.82) is 0 Å². The standard InChI is InChI=1S/C19H19N7/c1-26-15-10-6-5-9-14(15)22-19(26)25-17-11-16(23-18(20)24-17)21-12-13-7-3-2-4-8-13/h2-11H,12H2,1H3,(H4,20,21,22,23,24,25). The van der Waals surface area contributed by atoms with Gasteiger partial charge in [-0.3, -0.25) is 0 Å². The van der Waals surface area contributed by atoms with Crippen molar-refractivity contribution in [3.8, 4) is 0 Å². The van der Waals surface area contributed by atoms with Crippen LogP contribution in [0.15, 0.2) is 60.7 Å². The van der Waals surface area contributed by atoms with Gasteiger partial charge in [0.25, 0.3) is 0 Å².